The van der Waals surface area contributed by atoms with E-state index in [0.29, 0.717) is 5.69 Å². The molecular weight excluding hydrogens is 437 g/mol. The Bertz CT molecular complexity index is 1280. The van der Waals surface area contributed by atoms with E-state index in [-0.39, 0.29) is 27.5 Å². The fraction of sp³-hybridized carbons (Fsp3) is 0.136. The Morgan fingerprint density at radius 3 is 2.47 bits per heavy atom. The van der Waals surface area contributed by atoms with Gasteiger partial charge in [0.1, 0.15) is 11.6 Å². The number of carbonyl (C=O) groups excluding carboxylic acids is 2. The van der Waals surface area contributed by atoms with Gasteiger partial charge in [-0.15, -0.1) is 11.3 Å². The molecule has 8 nitrogen and oxygen atoms in total. The van der Waals surface area contributed by atoms with Gasteiger partial charge in [0.15, 0.2) is 5.13 Å². The zero-order valence-electron chi connectivity index (χ0n) is 16.9. The van der Waals surface area contributed by atoms with E-state index in [1.165, 1.54) is 47.7 Å². The number of aryl methyl sites for hydroxylation is 2. The summed E-state index contributed by atoms with van der Waals surface area (Å²) in [6, 6.07) is 9.13. The van der Waals surface area contributed by atoms with Crippen LogP contribution in [0.15, 0.2) is 54.1 Å². The average Bonchev–Trinajstić information content (AvgIpc) is 3.23. The number of thiazole rings is 1. The molecule has 1 aromatic heterocycles. The van der Waals surface area contributed by atoms with E-state index in [1.54, 1.807) is 6.92 Å². The van der Waals surface area contributed by atoms with Gasteiger partial charge in [-0.1, -0.05) is 12.1 Å². The number of halogens is 1. The number of nitrogens with zero attached hydrogens (tertiary/aromatic N) is 3. The van der Waals surface area contributed by atoms with Crippen molar-refractivity contribution in [3.8, 4) is 0 Å². The standard InChI is InChI=1S/C22H16FN3O5S/c1-11-12(2)32-22(24-11)25-18(14-4-3-5-16(10-14)26(30)31)17(20(28)21(25)29)19(27)13-6-8-15(23)9-7-13/h3-10,18,27H,1-2H3/b19-17+. The van der Waals surface area contributed by atoms with Crippen molar-refractivity contribution in [2.75, 3.05) is 4.90 Å². The molecule has 4 rings (SSSR count). The highest BCUT2D eigenvalue weighted by Gasteiger charge is 2.48. The number of aromatic nitrogens is 1. The van der Waals surface area contributed by atoms with E-state index in [4.69, 9.17) is 0 Å². The minimum Gasteiger partial charge on any atom is -0.507 e. The Labute approximate surface area is 185 Å². The molecule has 2 heterocycles. The van der Waals surface area contributed by atoms with Gasteiger partial charge in [-0.25, -0.2) is 9.37 Å². The van der Waals surface area contributed by atoms with Crippen LogP contribution in [0.2, 0.25) is 0 Å². The van der Waals surface area contributed by atoms with Gasteiger partial charge in [0.25, 0.3) is 11.5 Å². The first-order valence-electron chi connectivity index (χ1n) is 9.44. The normalized spacial score (nSPS) is 17.7. The molecule has 162 valence electrons. The number of benzene rings is 2. The summed E-state index contributed by atoms with van der Waals surface area (Å²) < 4.78 is 13.4. The van der Waals surface area contributed by atoms with Crippen molar-refractivity contribution in [1.82, 2.24) is 4.98 Å². The number of nitro benzene ring substituents is 1. The fourth-order valence-electron chi connectivity index (χ4n) is 3.48. The Kier molecular flexibility index (Phi) is 5.31. The number of anilines is 1. The van der Waals surface area contributed by atoms with Crippen molar-refractivity contribution in [2.45, 2.75) is 19.9 Å². The van der Waals surface area contributed by atoms with Crippen LogP contribution >= 0.6 is 11.3 Å². The molecule has 1 aliphatic heterocycles. The smallest absolute Gasteiger partial charge is 0.301 e. The molecule has 1 aliphatic rings. The zero-order valence-corrected chi connectivity index (χ0v) is 17.7. The highest BCUT2D eigenvalue weighted by Crippen LogP contribution is 2.44. The summed E-state index contributed by atoms with van der Waals surface area (Å²) in [5.74, 6) is -2.92. The lowest BCUT2D eigenvalue weighted by Gasteiger charge is -2.22. The Hall–Kier alpha value is -3.92. The number of aliphatic hydroxyl groups is 1. The molecule has 10 heteroatoms. The molecule has 0 bridgehead atoms. The molecule has 3 aromatic rings. The number of hydrogen-bond acceptors (Lipinski definition) is 7. The molecule has 1 unspecified atom stereocenters. The van der Waals surface area contributed by atoms with E-state index in [9.17, 15) is 29.2 Å². The number of amides is 1. The summed E-state index contributed by atoms with van der Waals surface area (Å²) in [7, 11) is 0. The summed E-state index contributed by atoms with van der Waals surface area (Å²) in [6.07, 6.45) is 0. The van der Waals surface area contributed by atoms with E-state index < -0.39 is 34.2 Å². The number of ketones is 1. The lowest BCUT2D eigenvalue weighted by atomic mass is 9.95. The van der Waals surface area contributed by atoms with Crippen LogP contribution in [-0.2, 0) is 9.59 Å². The molecular formula is C22H16FN3O5S. The molecule has 1 amide bonds. The highest BCUT2D eigenvalue weighted by atomic mass is 32.1. The maximum Gasteiger partial charge on any atom is 0.301 e. The maximum atomic E-state index is 13.4. The van der Waals surface area contributed by atoms with E-state index in [2.05, 4.69) is 4.98 Å². The Balaban J connectivity index is 1.97. The van der Waals surface area contributed by atoms with Crippen molar-refractivity contribution in [3.05, 3.63) is 91.7 Å². The highest BCUT2D eigenvalue weighted by molar-refractivity contribution is 7.16. The van der Waals surface area contributed by atoms with Crippen molar-refractivity contribution < 1.29 is 24.0 Å². The van der Waals surface area contributed by atoms with Crippen LogP contribution < -0.4 is 4.90 Å². The molecule has 32 heavy (non-hydrogen) atoms. The third kappa shape index (κ3) is 3.54. The van der Waals surface area contributed by atoms with Gasteiger partial charge < -0.3 is 5.11 Å². The summed E-state index contributed by atoms with van der Waals surface area (Å²) in [5, 5.41) is 22.5. The molecule has 1 saturated heterocycles. The van der Waals surface area contributed by atoms with E-state index in [1.807, 2.05) is 6.92 Å². The average molecular weight is 453 g/mol. The zero-order chi connectivity index (χ0) is 23.2. The lowest BCUT2D eigenvalue weighted by molar-refractivity contribution is -0.384. The second kappa shape index (κ2) is 7.97. The van der Waals surface area contributed by atoms with Gasteiger partial charge in [0.05, 0.1) is 22.2 Å². The summed E-state index contributed by atoms with van der Waals surface area (Å²) in [4.78, 5) is 43.1. The molecule has 0 saturated carbocycles. The van der Waals surface area contributed by atoms with Crippen LogP contribution in [-0.4, -0.2) is 26.7 Å². The monoisotopic (exact) mass is 453 g/mol. The topological polar surface area (TPSA) is 114 Å². The third-order valence-corrected chi connectivity index (χ3v) is 6.25. The Morgan fingerprint density at radius 2 is 1.88 bits per heavy atom. The second-order valence-corrected chi connectivity index (χ2v) is 8.35. The van der Waals surface area contributed by atoms with Crippen molar-refractivity contribution in [3.63, 3.8) is 0 Å². The Morgan fingerprint density at radius 1 is 1.19 bits per heavy atom. The number of rotatable bonds is 4. The molecule has 0 aliphatic carbocycles. The van der Waals surface area contributed by atoms with Crippen LogP contribution in [0.4, 0.5) is 15.2 Å². The minimum atomic E-state index is -1.15. The molecule has 0 spiro atoms. The molecule has 2 aromatic carbocycles. The molecule has 1 fully saturated rings. The summed E-state index contributed by atoms with van der Waals surface area (Å²) in [5.41, 5.74) is 0.566. The quantitative estimate of drug-likeness (QED) is 0.205. The summed E-state index contributed by atoms with van der Waals surface area (Å²) >= 11 is 1.19. The lowest BCUT2D eigenvalue weighted by Crippen LogP contribution is -2.29. The maximum absolute atomic E-state index is 13.4. The number of nitro groups is 1. The van der Waals surface area contributed by atoms with Gasteiger partial charge in [0, 0.05) is 22.6 Å². The van der Waals surface area contributed by atoms with Gasteiger partial charge in [-0.3, -0.25) is 24.6 Å². The number of Topliss-reactive ketones (excluding diaryl/α,β-unsaturated/α-hetero) is 1. The van der Waals surface area contributed by atoms with Gasteiger partial charge in [-0.2, -0.15) is 0 Å². The largest absolute Gasteiger partial charge is 0.507 e. The van der Waals surface area contributed by atoms with E-state index >= 15 is 0 Å². The SMILES string of the molecule is Cc1nc(N2C(=O)C(=O)/C(=C(/O)c3ccc(F)cc3)C2c2cccc([N+](=O)[O-])c2)sc1C. The second-order valence-electron chi connectivity index (χ2n) is 7.17. The van der Waals surface area contributed by atoms with Crippen LogP contribution in [0.5, 0.6) is 0 Å². The van der Waals surface area contributed by atoms with Crippen molar-refractivity contribution in [1.29, 1.82) is 0 Å². The fourth-order valence-corrected chi connectivity index (χ4v) is 4.41. The van der Waals surface area contributed by atoms with Crippen LogP contribution in [0.3, 0.4) is 0 Å². The number of carbonyl (C=O) groups is 2. The number of non-ortho nitro benzene ring substituents is 1. The van der Waals surface area contributed by atoms with Crippen LogP contribution in [0.1, 0.15) is 27.7 Å². The first-order chi connectivity index (χ1) is 15.2. The van der Waals surface area contributed by atoms with Crippen LogP contribution in [0.25, 0.3) is 5.76 Å². The first-order valence-corrected chi connectivity index (χ1v) is 10.3. The summed E-state index contributed by atoms with van der Waals surface area (Å²) in [6.45, 7) is 3.57. The molecule has 0 radical (unpaired) electrons. The van der Waals surface area contributed by atoms with Gasteiger partial charge in [-0.05, 0) is 43.7 Å². The van der Waals surface area contributed by atoms with Gasteiger partial charge in [0.2, 0.25) is 0 Å². The minimum absolute atomic E-state index is 0.131. The molecule has 1 N–H and O–H groups in total. The van der Waals surface area contributed by atoms with Crippen molar-refractivity contribution in [2.24, 2.45) is 0 Å². The van der Waals surface area contributed by atoms with E-state index in [0.717, 1.165) is 21.9 Å². The number of hydrogen-bond donors (Lipinski definition) is 1. The van der Waals surface area contributed by atoms with Crippen molar-refractivity contribution >= 4 is 39.6 Å². The third-order valence-electron chi connectivity index (χ3n) is 5.18. The van der Waals surface area contributed by atoms with Crippen LogP contribution in [0, 0.1) is 29.8 Å². The van der Waals surface area contributed by atoms with Gasteiger partial charge >= 0.3 is 5.91 Å². The predicted molar refractivity (Wildman–Crippen MR) is 116 cm³/mol. The first kappa shape index (κ1) is 21.3. The molecule has 1 atom stereocenters. The number of aliphatic hydroxyl groups excluding tert-OH is 1. The predicted octanol–water partition coefficient (Wildman–Crippen LogP) is 4.43.